The highest BCUT2D eigenvalue weighted by Gasteiger charge is 2.28. The van der Waals surface area contributed by atoms with E-state index >= 15 is 0 Å². The minimum Gasteiger partial charge on any atom is -0.490 e. The van der Waals surface area contributed by atoms with Gasteiger partial charge in [-0.2, -0.15) is 5.10 Å². The first-order chi connectivity index (χ1) is 12.0. The molecule has 1 atom stereocenters. The van der Waals surface area contributed by atoms with Crippen LogP contribution in [0.25, 0.3) is 0 Å². The maximum Gasteiger partial charge on any atom is 0.257 e. The van der Waals surface area contributed by atoms with E-state index in [-0.39, 0.29) is 18.1 Å². The molecular weight excluding hydrogens is 316 g/mol. The minimum absolute atomic E-state index is 0.0236. The van der Waals surface area contributed by atoms with Crippen LogP contribution >= 0.6 is 0 Å². The van der Waals surface area contributed by atoms with Gasteiger partial charge in [0.1, 0.15) is 17.4 Å². The minimum atomic E-state index is 0.0236. The number of aryl methyl sites for hydroxylation is 2. The summed E-state index contributed by atoms with van der Waals surface area (Å²) in [5.41, 5.74) is 0.628. The SMILES string of the molecule is Cc1nc(C)n(C2CCCN(C(=O)c3ccccc3OC(C)C)C2)n1. The Morgan fingerprint density at radius 1 is 1.28 bits per heavy atom. The molecule has 6 heteroatoms. The quantitative estimate of drug-likeness (QED) is 0.856. The molecule has 0 radical (unpaired) electrons. The number of ether oxygens (including phenoxy) is 1. The normalized spacial score (nSPS) is 17.8. The zero-order valence-corrected chi connectivity index (χ0v) is 15.4. The van der Waals surface area contributed by atoms with E-state index in [1.807, 2.05) is 61.5 Å². The van der Waals surface area contributed by atoms with Crippen LogP contribution in [0.4, 0.5) is 0 Å². The van der Waals surface area contributed by atoms with E-state index in [1.165, 1.54) is 0 Å². The summed E-state index contributed by atoms with van der Waals surface area (Å²) >= 11 is 0. The van der Waals surface area contributed by atoms with Crippen molar-refractivity contribution in [3.05, 3.63) is 41.5 Å². The molecule has 0 spiro atoms. The number of rotatable bonds is 4. The molecule has 1 amide bonds. The summed E-state index contributed by atoms with van der Waals surface area (Å²) in [6, 6.07) is 7.66. The van der Waals surface area contributed by atoms with E-state index in [0.29, 0.717) is 17.9 Å². The van der Waals surface area contributed by atoms with Crippen LogP contribution in [0, 0.1) is 13.8 Å². The van der Waals surface area contributed by atoms with Crippen molar-refractivity contribution in [2.24, 2.45) is 0 Å². The van der Waals surface area contributed by atoms with Crippen molar-refractivity contribution in [3.8, 4) is 5.75 Å². The number of aromatic nitrogens is 3. The number of hydrogen-bond donors (Lipinski definition) is 0. The molecule has 6 nitrogen and oxygen atoms in total. The van der Waals surface area contributed by atoms with Gasteiger partial charge in [-0.3, -0.25) is 4.79 Å². The average Bonchev–Trinajstić information content (AvgIpc) is 2.93. The summed E-state index contributed by atoms with van der Waals surface area (Å²) in [5.74, 6) is 2.35. The van der Waals surface area contributed by atoms with Crippen LogP contribution in [-0.2, 0) is 0 Å². The van der Waals surface area contributed by atoms with Gasteiger partial charge < -0.3 is 9.64 Å². The van der Waals surface area contributed by atoms with E-state index in [4.69, 9.17) is 4.74 Å². The van der Waals surface area contributed by atoms with Crippen LogP contribution in [-0.4, -0.2) is 44.8 Å². The molecule has 0 bridgehead atoms. The van der Waals surface area contributed by atoms with E-state index in [9.17, 15) is 4.79 Å². The van der Waals surface area contributed by atoms with Crippen LogP contribution in [0.1, 0.15) is 54.7 Å². The highest BCUT2D eigenvalue weighted by atomic mass is 16.5. The zero-order valence-electron chi connectivity index (χ0n) is 15.4. The number of hydrogen-bond acceptors (Lipinski definition) is 4. The average molecular weight is 342 g/mol. The molecule has 0 aliphatic carbocycles. The predicted octanol–water partition coefficient (Wildman–Crippen LogP) is 3.16. The van der Waals surface area contributed by atoms with Gasteiger partial charge in [-0.1, -0.05) is 12.1 Å². The van der Waals surface area contributed by atoms with Crippen LogP contribution in [0.3, 0.4) is 0 Å². The maximum atomic E-state index is 13.1. The van der Waals surface area contributed by atoms with Crippen molar-refractivity contribution in [3.63, 3.8) is 0 Å². The first-order valence-electron chi connectivity index (χ1n) is 8.90. The highest BCUT2D eigenvalue weighted by Crippen LogP contribution is 2.26. The molecule has 2 heterocycles. The molecule has 2 aromatic rings. The van der Waals surface area contributed by atoms with Gasteiger partial charge in [-0.05, 0) is 52.7 Å². The maximum absolute atomic E-state index is 13.1. The van der Waals surface area contributed by atoms with Gasteiger partial charge >= 0.3 is 0 Å². The molecule has 1 saturated heterocycles. The fraction of sp³-hybridized carbons (Fsp3) is 0.526. The Hall–Kier alpha value is -2.37. The monoisotopic (exact) mass is 342 g/mol. The fourth-order valence-electron chi connectivity index (χ4n) is 3.39. The van der Waals surface area contributed by atoms with E-state index in [1.54, 1.807) is 0 Å². The molecule has 134 valence electrons. The molecule has 25 heavy (non-hydrogen) atoms. The van der Waals surface area contributed by atoms with Crippen LogP contribution in [0.5, 0.6) is 5.75 Å². The lowest BCUT2D eigenvalue weighted by molar-refractivity contribution is 0.0665. The third-order valence-electron chi connectivity index (χ3n) is 4.42. The number of nitrogens with zero attached hydrogens (tertiary/aromatic N) is 4. The second-order valence-electron chi connectivity index (χ2n) is 6.86. The van der Waals surface area contributed by atoms with Gasteiger partial charge in [0.2, 0.25) is 0 Å². The lowest BCUT2D eigenvalue weighted by Crippen LogP contribution is -2.41. The van der Waals surface area contributed by atoms with Crippen molar-refractivity contribution in [1.82, 2.24) is 19.7 Å². The smallest absolute Gasteiger partial charge is 0.257 e. The van der Waals surface area contributed by atoms with E-state index < -0.39 is 0 Å². The lowest BCUT2D eigenvalue weighted by atomic mass is 10.0. The summed E-state index contributed by atoms with van der Waals surface area (Å²) in [4.78, 5) is 19.4. The summed E-state index contributed by atoms with van der Waals surface area (Å²) in [5, 5.41) is 4.50. The lowest BCUT2D eigenvalue weighted by Gasteiger charge is -2.33. The summed E-state index contributed by atoms with van der Waals surface area (Å²) in [6.07, 6.45) is 2.00. The first-order valence-corrected chi connectivity index (χ1v) is 8.90. The summed E-state index contributed by atoms with van der Waals surface area (Å²) in [7, 11) is 0. The fourth-order valence-corrected chi connectivity index (χ4v) is 3.39. The van der Waals surface area contributed by atoms with Gasteiger partial charge in [0, 0.05) is 13.1 Å². The summed E-state index contributed by atoms with van der Waals surface area (Å²) < 4.78 is 7.78. The predicted molar refractivity (Wildman–Crippen MR) is 95.9 cm³/mol. The molecule has 1 fully saturated rings. The van der Waals surface area contributed by atoms with Crippen LogP contribution < -0.4 is 4.74 Å². The van der Waals surface area contributed by atoms with Crippen LogP contribution in [0.2, 0.25) is 0 Å². The Kier molecular flexibility index (Phi) is 5.06. The standard InChI is InChI=1S/C19H26N4O2/c1-13(2)25-18-10-6-5-9-17(18)19(24)22-11-7-8-16(12-22)23-15(4)20-14(3)21-23/h5-6,9-10,13,16H,7-8,11-12H2,1-4H3. The van der Waals surface area contributed by atoms with Gasteiger partial charge in [-0.25, -0.2) is 9.67 Å². The molecule has 1 unspecified atom stereocenters. The van der Waals surface area contributed by atoms with Crippen molar-refractivity contribution >= 4 is 5.91 Å². The molecule has 1 aliphatic rings. The second kappa shape index (κ2) is 7.25. The number of piperidine rings is 1. The molecule has 0 saturated carbocycles. The molecule has 1 aromatic carbocycles. The number of carbonyl (C=O) groups excluding carboxylic acids is 1. The third kappa shape index (κ3) is 3.83. The largest absolute Gasteiger partial charge is 0.490 e. The van der Waals surface area contributed by atoms with Crippen molar-refractivity contribution in [2.45, 2.75) is 52.7 Å². The van der Waals surface area contributed by atoms with Crippen molar-refractivity contribution in [2.75, 3.05) is 13.1 Å². The molecular formula is C19H26N4O2. The Bertz CT molecular complexity index is 754. The topological polar surface area (TPSA) is 60.2 Å². The first kappa shape index (κ1) is 17.5. The number of amides is 1. The van der Waals surface area contributed by atoms with Gasteiger partial charge in [0.25, 0.3) is 5.91 Å². The molecule has 1 aromatic heterocycles. The Morgan fingerprint density at radius 2 is 2.04 bits per heavy atom. The van der Waals surface area contributed by atoms with E-state index in [0.717, 1.165) is 31.0 Å². The Labute approximate surface area is 148 Å². The Balaban J connectivity index is 1.80. The molecule has 1 aliphatic heterocycles. The van der Waals surface area contributed by atoms with Crippen LogP contribution in [0.15, 0.2) is 24.3 Å². The number of carbonyl (C=O) groups is 1. The summed E-state index contributed by atoms with van der Waals surface area (Å²) in [6.45, 7) is 9.21. The van der Waals surface area contributed by atoms with E-state index in [2.05, 4.69) is 10.1 Å². The van der Waals surface area contributed by atoms with Crippen molar-refractivity contribution in [1.29, 1.82) is 0 Å². The third-order valence-corrected chi connectivity index (χ3v) is 4.42. The highest BCUT2D eigenvalue weighted by molar-refractivity contribution is 5.97. The Morgan fingerprint density at radius 3 is 2.72 bits per heavy atom. The van der Waals surface area contributed by atoms with Crippen molar-refractivity contribution < 1.29 is 9.53 Å². The zero-order chi connectivity index (χ0) is 18.0. The van der Waals surface area contributed by atoms with Gasteiger partial charge in [-0.15, -0.1) is 0 Å². The number of para-hydroxylation sites is 1. The molecule has 3 rings (SSSR count). The number of likely N-dealkylation sites (tertiary alicyclic amines) is 1. The van der Waals surface area contributed by atoms with Gasteiger partial charge in [0.15, 0.2) is 0 Å². The number of benzene rings is 1. The van der Waals surface area contributed by atoms with Gasteiger partial charge in [0.05, 0.1) is 17.7 Å². The second-order valence-corrected chi connectivity index (χ2v) is 6.86. The molecule has 0 N–H and O–H groups in total.